The number of hydrogen-bond acceptors (Lipinski definition) is 8. The second-order valence-electron chi connectivity index (χ2n) is 15.8. The molecule has 0 aliphatic carbocycles. The van der Waals surface area contributed by atoms with E-state index in [4.69, 9.17) is 0 Å². The number of urea groups is 1. The van der Waals surface area contributed by atoms with E-state index in [0.29, 0.717) is 12.8 Å². The Hall–Kier alpha value is -3.30. The van der Waals surface area contributed by atoms with Crippen molar-refractivity contribution in [1.29, 1.82) is 0 Å². The summed E-state index contributed by atoms with van der Waals surface area (Å²) in [4.78, 5) is 69.3. The first-order chi connectivity index (χ1) is 23.6. The summed E-state index contributed by atoms with van der Waals surface area (Å²) in [6.07, 6.45) is 3.60. The second-order valence-corrected chi connectivity index (χ2v) is 19.0. The summed E-state index contributed by atoms with van der Waals surface area (Å²) in [6, 6.07) is -1.15. The lowest BCUT2D eigenvalue weighted by atomic mass is 9.84. The molecular formula is C36H60N6O7S2. The Bertz CT molecular complexity index is 1480. The SMILES string of the molecule is C=CCNC(=O)C(=O)C(CCCC)NC(=O)[C@@H]1[C@@H](C(C)C)CCN1C(=O)[C@@H](NC(=O)N[C@H](CN(C)S(=O)(=O)c1cccs1)C(C)(C)C)C(C)(C)C. The maximum atomic E-state index is 14.4. The first kappa shape index (κ1) is 43.9. The lowest BCUT2D eigenvalue weighted by Crippen LogP contribution is -2.62. The van der Waals surface area contributed by atoms with Gasteiger partial charge < -0.3 is 26.2 Å². The van der Waals surface area contributed by atoms with Crippen LogP contribution in [0.5, 0.6) is 0 Å². The summed E-state index contributed by atoms with van der Waals surface area (Å²) in [5.74, 6) is -2.77. The number of rotatable bonds is 17. The number of sulfonamides is 1. The van der Waals surface area contributed by atoms with Crippen LogP contribution in [-0.4, -0.2) is 98.0 Å². The van der Waals surface area contributed by atoms with E-state index in [0.717, 1.165) is 17.8 Å². The molecule has 13 nitrogen and oxygen atoms in total. The number of amides is 5. The highest BCUT2D eigenvalue weighted by Crippen LogP contribution is 2.34. The molecule has 1 aliphatic rings. The van der Waals surface area contributed by atoms with Gasteiger partial charge >= 0.3 is 6.03 Å². The molecule has 0 radical (unpaired) electrons. The maximum absolute atomic E-state index is 14.4. The molecule has 0 aromatic carbocycles. The molecule has 4 N–H and O–H groups in total. The topological polar surface area (TPSA) is 174 Å². The summed E-state index contributed by atoms with van der Waals surface area (Å²) in [7, 11) is -2.31. The second kappa shape index (κ2) is 18.5. The van der Waals surface area contributed by atoms with Gasteiger partial charge in [0, 0.05) is 32.7 Å². The van der Waals surface area contributed by atoms with E-state index >= 15 is 0 Å². The van der Waals surface area contributed by atoms with Crippen molar-refractivity contribution in [2.75, 3.05) is 26.7 Å². The quantitative estimate of drug-likeness (QED) is 0.138. The minimum absolute atomic E-state index is 0.0126. The van der Waals surface area contributed by atoms with Gasteiger partial charge in [0.15, 0.2) is 0 Å². The fraction of sp³-hybridized carbons (Fsp3) is 0.694. The van der Waals surface area contributed by atoms with Gasteiger partial charge in [-0.3, -0.25) is 19.2 Å². The lowest BCUT2D eigenvalue weighted by Gasteiger charge is -2.38. The van der Waals surface area contributed by atoms with Crippen LogP contribution < -0.4 is 21.3 Å². The van der Waals surface area contributed by atoms with Crippen LogP contribution in [0.15, 0.2) is 34.4 Å². The molecule has 5 amide bonds. The van der Waals surface area contributed by atoms with E-state index in [1.54, 1.807) is 11.4 Å². The van der Waals surface area contributed by atoms with Gasteiger partial charge in [-0.25, -0.2) is 13.2 Å². The number of ketones is 1. The molecule has 1 unspecified atom stereocenters. The predicted octanol–water partition coefficient (Wildman–Crippen LogP) is 3.92. The third-order valence-corrected chi connectivity index (χ3v) is 12.5. The molecule has 1 saturated heterocycles. The molecule has 0 bridgehead atoms. The van der Waals surface area contributed by atoms with Crippen LogP contribution >= 0.6 is 11.3 Å². The first-order valence-corrected chi connectivity index (χ1v) is 20.0. The number of thiophene rings is 1. The molecule has 1 aliphatic heterocycles. The van der Waals surface area contributed by atoms with Gasteiger partial charge in [-0.05, 0) is 47.0 Å². The minimum atomic E-state index is -3.78. The van der Waals surface area contributed by atoms with E-state index in [2.05, 4.69) is 27.8 Å². The average molecular weight is 753 g/mol. The van der Waals surface area contributed by atoms with Gasteiger partial charge in [0.1, 0.15) is 16.3 Å². The highest BCUT2D eigenvalue weighted by Gasteiger charge is 2.48. The van der Waals surface area contributed by atoms with E-state index < -0.39 is 74.6 Å². The van der Waals surface area contributed by atoms with Crippen molar-refractivity contribution in [3.05, 3.63) is 30.2 Å². The van der Waals surface area contributed by atoms with Crippen LogP contribution in [0.1, 0.15) is 88.0 Å². The molecule has 288 valence electrons. The van der Waals surface area contributed by atoms with Gasteiger partial charge in [-0.15, -0.1) is 17.9 Å². The van der Waals surface area contributed by atoms with Crippen molar-refractivity contribution in [1.82, 2.24) is 30.5 Å². The van der Waals surface area contributed by atoms with Crippen molar-refractivity contribution < 1.29 is 32.4 Å². The van der Waals surface area contributed by atoms with Crippen LogP contribution in [0.4, 0.5) is 4.79 Å². The minimum Gasteiger partial charge on any atom is -0.346 e. The third kappa shape index (κ3) is 11.9. The number of unbranched alkanes of at least 4 members (excludes halogenated alkanes) is 1. The summed E-state index contributed by atoms with van der Waals surface area (Å²) in [5.41, 5.74) is -1.35. The number of likely N-dealkylation sites (tertiary alicyclic amines) is 1. The Morgan fingerprint density at radius 1 is 1.06 bits per heavy atom. The molecular weight excluding hydrogens is 693 g/mol. The molecule has 2 rings (SSSR count). The molecule has 51 heavy (non-hydrogen) atoms. The lowest BCUT2D eigenvalue weighted by molar-refractivity contribution is -0.144. The molecule has 2 heterocycles. The first-order valence-electron chi connectivity index (χ1n) is 17.7. The molecule has 1 fully saturated rings. The Kier molecular flexibility index (Phi) is 15.9. The van der Waals surface area contributed by atoms with Crippen LogP contribution in [-0.2, 0) is 29.2 Å². The Morgan fingerprint density at radius 2 is 1.71 bits per heavy atom. The van der Waals surface area contributed by atoms with Crippen LogP contribution in [0.2, 0.25) is 0 Å². The van der Waals surface area contributed by atoms with Gasteiger partial charge in [-0.1, -0.05) is 87.3 Å². The Labute approximate surface area is 308 Å². The molecule has 1 aromatic heterocycles. The zero-order valence-corrected chi connectivity index (χ0v) is 33.6. The number of likely N-dealkylation sites (N-methyl/N-ethyl adjacent to an activating group) is 1. The predicted molar refractivity (Wildman–Crippen MR) is 200 cm³/mol. The number of carbonyl (C=O) groups excluding carboxylic acids is 5. The number of nitrogens with one attached hydrogen (secondary N) is 4. The monoisotopic (exact) mass is 752 g/mol. The molecule has 0 saturated carbocycles. The maximum Gasteiger partial charge on any atom is 0.315 e. The van der Waals surface area contributed by atoms with Crippen molar-refractivity contribution in [3.8, 4) is 0 Å². The van der Waals surface area contributed by atoms with Crippen molar-refractivity contribution in [3.63, 3.8) is 0 Å². The number of nitrogens with zero attached hydrogens (tertiary/aromatic N) is 2. The van der Waals surface area contributed by atoms with Crippen molar-refractivity contribution >= 4 is 50.9 Å². The van der Waals surface area contributed by atoms with E-state index in [9.17, 15) is 32.4 Å². The van der Waals surface area contributed by atoms with Crippen LogP contribution in [0, 0.1) is 22.7 Å². The number of hydrogen-bond donors (Lipinski definition) is 4. The average Bonchev–Trinajstić information content (AvgIpc) is 3.74. The Morgan fingerprint density at radius 3 is 2.22 bits per heavy atom. The zero-order chi connectivity index (χ0) is 38.9. The van der Waals surface area contributed by atoms with Crippen LogP contribution in [0.3, 0.4) is 0 Å². The summed E-state index contributed by atoms with van der Waals surface area (Å²) in [6.45, 7) is 20.9. The summed E-state index contributed by atoms with van der Waals surface area (Å²) in [5, 5.41) is 12.7. The fourth-order valence-electron chi connectivity index (χ4n) is 6.04. The van der Waals surface area contributed by atoms with Gasteiger partial charge in [0.05, 0.1) is 6.04 Å². The van der Waals surface area contributed by atoms with Gasteiger partial charge in [0.25, 0.3) is 15.9 Å². The molecule has 5 atom stereocenters. The summed E-state index contributed by atoms with van der Waals surface area (Å²) < 4.78 is 27.7. The van der Waals surface area contributed by atoms with Crippen molar-refractivity contribution in [2.45, 2.75) is 116 Å². The highest BCUT2D eigenvalue weighted by atomic mass is 32.2. The zero-order valence-electron chi connectivity index (χ0n) is 32.0. The molecule has 0 spiro atoms. The van der Waals surface area contributed by atoms with E-state index in [-0.39, 0.29) is 42.1 Å². The van der Waals surface area contributed by atoms with Gasteiger partial charge in [0.2, 0.25) is 17.6 Å². The van der Waals surface area contributed by atoms with Crippen molar-refractivity contribution in [2.24, 2.45) is 22.7 Å². The standard InChI is InChI=1S/C36H60N6O7S2/c1-12-14-16-25(29(43)32(45)37-19-13-2)38-31(44)28-24(23(3)4)18-20-42(28)33(46)30(36(8,9)10)40-34(47)39-26(35(5,6)7)22-41(11)51(48,49)27-17-15-21-50-27/h13,15,17,21,23-26,28,30H,2,12,14,16,18-20,22H2,1,3-11H3,(H,37,45)(H,38,44)(H2,39,40,47)/t24-,25?,26-,28+,30-/m1/s1. The number of carbonyl (C=O) groups is 5. The Balaban J connectivity index is 2.35. The van der Waals surface area contributed by atoms with E-state index in [1.165, 1.54) is 28.4 Å². The largest absolute Gasteiger partial charge is 0.346 e. The smallest absolute Gasteiger partial charge is 0.315 e. The molecule has 1 aromatic rings. The third-order valence-electron chi connectivity index (χ3n) is 9.30. The number of Topliss-reactive ketones (excluding diaryl/α,β-unsaturated/α-hetero) is 1. The molecule has 15 heteroatoms. The van der Waals surface area contributed by atoms with E-state index in [1.807, 2.05) is 62.3 Å². The normalized spacial score (nSPS) is 18.5. The van der Waals surface area contributed by atoms with Gasteiger partial charge in [-0.2, -0.15) is 4.31 Å². The van der Waals surface area contributed by atoms with Crippen LogP contribution in [0.25, 0.3) is 0 Å². The summed E-state index contributed by atoms with van der Waals surface area (Å²) >= 11 is 1.11. The highest BCUT2D eigenvalue weighted by molar-refractivity contribution is 7.91. The fourth-order valence-corrected chi connectivity index (χ4v) is 8.43.